The summed E-state index contributed by atoms with van der Waals surface area (Å²) >= 11 is 0. The van der Waals surface area contributed by atoms with Crippen LogP contribution in [0.4, 0.5) is 17.6 Å². The lowest BCUT2D eigenvalue weighted by Crippen LogP contribution is -2.38. The molecule has 14 heteroatoms. The SMILES string of the molecule is Cc1ccc(-c2nc(-c3ccc(CC(NC(=O)c4cn(-c5ccc(C(F)(F)F)cc5)nn4)OC=O)cc3F)no2)cc1. The number of aryl methyl sites for hydroxylation is 1. The van der Waals surface area contributed by atoms with E-state index in [4.69, 9.17) is 9.26 Å². The summed E-state index contributed by atoms with van der Waals surface area (Å²) in [6.45, 7) is 2.06. The third-order valence-corrected chi connectivity index (χ3v) is 6.12. The number of carbonyl (C=O) groups excluding carboxylic acids is 2. The molecule has 1 unspecified atom stereocenters. The van der Waals surface area contributed by atoms with Gasteiger partial charge in [-0.3, -0.25) is 9.59 Å². The van der Waals surface area contributed by atoms with E-state index < -0.39 is 29.7 Å². The molecule has 0 spiro atoms. The molecule has 214 valence electrons. The largest absolute Gasteiger partial charge is 0.444 e. The summed E-state index contributed by atoms with van der Waals surface area (Å²) in [6.07, 6.45) is -4.61. The fourth-order valence-corrected chi connectivity index (χ4v) is 3.94. The smallest absolute Gasteiger partial charge is 0.416 e. The molecule has 0 saturated heterocycles. The van der Waals surface area contributed by atoms with Gasteiger partial charge in [-0.1, -0.05) is 34.1 Å². The van der Waals surface area contributed by atoms with E-state index in [9.17, 15) is 22.8 Å². The maximum absolute atomic E-state index is 15.0. The van der Waals surface area contributed by atoms with Gasteiger partial charge in [0.2, 0.25) is 5.82 Å². The highest BCUT2D eigenvalue weighted by Crippen LogP contribution is 2.29. The minimum atomic E-state index is -4.50. The first kappa shape index (κ1) is 28.1. The molecule has 0 saturated carbocycles. The van der Waals surface area contributed by atoms with Gasteiger partial charge in [0, 0.05) is 12.0 Å². The predicted molar refractivity (Wildman–Crippen MR) is 138 cm³/mol. The molecule has 0 aliphatic rings. The number of nitrogens with zero attached hydrogens (tertiary/aromatic N) is 5. The molecule has 1 amide bonds. The number of nitrogens with one attached hydrogen (secondary N) is 1. The van der Waals surface area contributed by atoms with Crippen LogP contribution in [0.5, 0.6) is 0 Å². The summed E-state index contributed by atoms with van der Waals surface area (Å²) in [5.41, 5.74) is 1.39. The molecule has 0 radical (unpaired) electrons. The highest BCUT2D eigenvalue weighted by Gasteiger charge is 2.30. The van der Waals surface area contributed by atoms with Crippen LogP contribution in [0.1, 0.15) is 27.2 Å². The number of rotatable bonds is 9. The van der Waals surface area contributed by atoms with Crippen molar-refractivity contribution >= 4 is 12.4 Å². The number of ether oxygens (including phenoxy) is 1. The van der Waals surface area contributed by atoms with Gasteiger partial charge in [-0.05, 0) is 61.0 Å². The van der Waals surface area contributed by atoms with Gasteiger partial charge in [-0.25, -0.2) is 9.07 Å². The van der Waals surface area contributed by atoms with Crippen LogP contribution in [0.15, 0.2) is 77.4 Å². The van der Waals surface area contributed by atoms with E-state index in [1.807, 2.05) is 31.2 Å². The zero-order valence-electron chi connectivity index (χ0n) is 21.7. The van der Waals surface area contributed by atoms with E-state index in [0.717, 1.165) is 22.4 Å². The lowest BCUT2D eigenvalue weighted by molar-refractivity contribution is -0.137. The number of hydrogen-bond donors (Lipinski definition) is 1. The Labute approximate surface area is 234 Å². The van der Waals surface area contributed by atoms with Crippen LogP contribution in [0.25, 0.3) is 28.5 Å². The Morgan fingerprint density at radius 3 is 2.50 bits per heavy atom. The van der Waals surface area contributed by atoms with Crippen molar-refractivity contribution in [3.63, 3.8) is 0 Å². The third kappa shape index (κ3) is 6.32. The van der Waals surface area contributed by atoms with E-state index in [0.29, 0.717) is 11.1 Å². The second kappa shape index (κ2) is 11.6. The average Bonchev–Trinajstić information content (AvgIpc) is 3.64. The Balaban J connectivity index is 1.26. The summed E-state index contributed by atoms with van der Waals surface area (Å²) in [5.74, 6) is -1.18. The maximum Gasteiger partial charge on any atom is 0.416 e. The fraction of sp³-hybridized carbons (Fsp3) is 0.143. The van der Waals surface area contributed by atoms with Gasteiger partial charge >= 0.3 is 6.18 Å². The van der Waals surface area contributed by atoms with Crippen molar-refractivity contribution in [3.8, 4) is 28.5 Å². The third-order valence-electron chi connectivity index (χ3n) is 6.12. The van der Waals surface area contributed by atoms with E-state index in [1.54, 1.807) is 6.07 Å². The van der Waals surface area contributed by atoms with Gasteiger partial charge < -0.3 is 14.6 Å². The van der Waals surface area contributed by atoms with E-state index in [1.165, 1.54) is 30.5 Å². The van der Waals surface area contributed by atoms with Crippen molar-refractivity contribution < 1.29 is 36.4 Å². The van der Waals surface area contributed by atoms with Gasteiger partial charge in [0.15, 0.2) is 11.9 Å². The summed E-state index contributed by atoms with van der Waals surface area (Å²) in [6, 6.07) is 15.6. The predicted octanol–water partition coefficient (Wildman–Crippen LogP) is 4.92. The quantitative estimate of drug-likeness (QED) is 0.148. The average molecular weight is 580 g/mol. The minimum absolute atomic E-state index is 0.0414. The Morgan fingerprint density at radius 2 is 1.83 bits per heavy atom. The molecule has 1 N–H and O–H groups in total. The van der Waals surface area contributed by atoms with Crippen LogP contribution < -0.4 is 5.32 Å². The Kier molecular flexibility index (Phi) is 7.78. The lowest BCUT2D eigenvalue weighted by Gasteiger charge is -2.16. The summed E-state index contributed by atoms with van der Waals surface area (Å²) in [4.78, 5) is 28.1. The normalized spacial score (nSPS) is 12.1. The molecule has 1 atom stereocenters. The highest BCUT2D eigenvalue weighted by atomic mass is 19.4. The van der Waals surface area contributed by atoms with Gasteiger partial charge in [0.1, 0.15) is 5.82 Å². The Morgan fingerprint density at radius 1 is 1.10 bits per heavy atom. The molecule has 42 heavy (non-hydrogen) atoms. The molecule has 5 rings (SSSR count). The molecule has 5 aromatic rings. The number of benzene rings is 3. The van der Waals surface area contributed by atoms with Crippen LogP contribution >= 0.6 is 0 Å². The molecule has 0 aliphatic heterocycles. The topological polar surface area (TPSA) is 125 Å². The summed E-state index contributed by atoms with van der Waals surface area (Å²) < 4.78 is 64.8. The number of alkyl halides is 3. The molecule has 0 fully saturated rings. The standard InChI is InChI=1S/C28H20F4N6O4/c1-16-2-5-18(6-3-16)27-34-25(36-42-27)21-11-4-17(12-22(21)29)13-24(41-15-39)33-26(40)23-14-38(37-35-23)20-9-7-19(8-10-20)28(30,31)32/h2-12,14-15,24H,13H2,1H3,(H,33,40). The zero-order valence-corrected chi connectivity index (χ0v) is 21.7. The number of halogens is 4. The van der Waals surface area contributed by atoms with Gasteiger partial charge in [-0.15, -0.1) is 5.10 Å². The van der Waals surface area contributed by atoms with Crippen LogP contribution in [0.2, 0.25) is 0 Å². The number of amides is 1. The summed E-state index contributed by atoms with van der Waals surface area (Å²) in [7, 11) is 0. The molecule has 0 aliphatic carbocycles. The zero-order chi connectivity index (χ0) is 29.9. The lowest BCUT2D eigenvalue weighted by atomic mass is 10.1. The molecular formula is C28H20F4N6O4. The maximum atomic E-state index is 15.0. The van der Waals surface area contributed by atoms with E-state index >= 15 is 4.39 Å². The van der Waals surface area contributed by atoms with Crippen LogP contribution in [-0.2, 0) is 22.1 Å². The molecule has 2 heterocycles. The highest BCUT2D eigenvalue weighted by molar-refractivity contribution is 5.92. The first-order chi connectivity index (χ1) is 20.1. The second-order valence-electron chi connectivity index (χ2n) is 9.09. The van der Waals surface area contributed by atoms with Crippen molar-refractivity contribution in [3.05, 3.63) is 101 Å². The van der Waals surface area contributed by atoms with Crippen molar-refractivity contribution in [1.82, 2.24) is 30.5 Å². The molecule has 0 bridgehead atoms. The van der Waals surface area contributed by atoms with Gasteiger partial charge in [0.25, 0.3) is 18.3 Å². The fourth-order valence-electron chi connectivity index (χ4n) is 3.94. The Bertz CT molecular complexity index is 1720. The first-order valence-corrected chi connectivity index (χ1v) is 12.3. The number of aromatic nitrogens is 5. The summed E-state index contributed by atoms with van der Waals surface area (Å²) in [5, 5.41) is 13.8. The van der Waals surface area contributed by atoms with Crippen LogP contribution in [-0.4, -0.2) is 43.7 Å². The first-order valence-electron chi connectivity index (χ1n) is 12.3. The van der Waals surface area contributed by atoms with Gasteiger partial charge in [0.05, 0.1) is 23.0 Å². The van der Waals surface area contributed by atoms with Crippen molar-refractivity contribution in [1.29, 1.82) is 0 Å². The van der Waals surface area contributed by atoms with E-state index in [-0.39, 0.29) is 41.6 Å². The second-order valence-corrected chi connectivity index (χ2v) is 9.09. The monoisotopic (exact) mass is 580 g/mol. The molecule has 10 nitrogen and oxygen atoms in total. The van der Waals surface area contributed by atoms with Crippen molar-refractivity contribution in [2.75, 3.05) is 0 Å². The number of carbonyl (C=O) groups is 2. The number of hydrogen-bond acceptors (Lipinski definition) is 8. The van der Waals surface area contributed by atoms with Crippen molar-refractivity contribution in [2.24, 2.45) is 0 Å². The molecule has 2 aromatic heterocycles. The molecule has 3 aromatic carbocycles. The molecular weight excluding hydrogens is 560 g/mol. The Hall–Kier alpha value is -5.40. The van der Waals surface area contributed by atoms with Gasteiger partial charge in [-0.2, -0.15) is 18.2 Å². The minimum Gasteiger partial charge on any atom is -0.444 e. The van der Waals surface area contributed by atoms with E-state index in [2.05, 4.69) is 25.8 Å². The van der Waals surface area contributed by atoms with Crippen LogP contribution in [0.3, 0.4) is 0 Å². The van der Waals surface area contributed by atoms with Crippen molar-refractivity contribution in [2.45, 2.75) is 25.7 Å². The van der Waals surface area contributed by atoms with Crippen LogP contribution in [0, 0.1) is 12.7 Å².